The fraction of sp³-hybridized carbons (Fsp3) is 0.140. The van der Waals surface area contributed by atoms with Crippen molar-refractivity contribution in [3.8, 4) is 39.9 Å². The van der Waals surface area contributed by atoms with Gasteiger partial charge >= 0.3 is 7.12 Å². The molecule has 0 unspecified atom stereocenters. The van der Waals surface area contributed by atoms with Crippen LogP contribution < -0.4 is 5.46 Å². The first-order chi connectivity index (χ1) is 28.4. The summed E-state index contributed by atoms with van der Waals surface area (Å²) in [5.74, 6) is -0.828. The van der Waals surface area contributed by atoms with E-state index in [1.54, 1.807) is 0 Å². The standard InChI is InChI=1S/C43H35BN4O2/c1-42(2)43(3,4)50-44(49-42)36-24-23-32(48-37-22-14-13-21-33(37)34-25-30-19-11-12-20-31(30)26-38(34)48)27-35(36)41-46-39(28-15-7-5-8-16-28)45-40(47-41)29-17-9-6-10-18-29/h5-27H,1-4H3/i5D,6D,7D,8D,9D,10D,15D,16D,17D,18D. The highest BCUT2D eigenvalue weighted by molar-refractivity contribution is 6.63. The van der Waals surface area contributed by atoms with E-state index < -0.39 is 78.7 Å². The summed E-state index contributed by atoms with van der Waals surface area (Å²) in [7, 11) is -0.966. The largest absolute Gasteiger partial charge is 0.495 e. The Morgan fingerprint density at radius 3 is 1.78 bits per heavy atom. The molecular weight excluding hydrogens is 615 g/mol. The molecule has 0 bridgehead atoms. The van der Waals surface area contributed by atoms with Crippen LogP contribution >= 0.6 is 0 Å². The molecule has 0 saturated carbocycles. The molecular formula is C43H35BN4O2. The van der Waals surface area contributed by atoms with Crippen LogP contribution in [0.15, 0.2) is 139 Å². The number of benzene rings is 6. The van der Waals surface area contributed by atoms with Gasteiger partial charge in [-0.3, -0.25) is 0 Å². The molecule has 1 aliphatic heterocycles. The van der Waals surface area contributed by atoms with Gasteiger partial charge in [0.15, 0.2) is 17.5 Å². The third-order valence-electron chi connectivity index (χ3n) is 9.67. The summed E-state index contributed by atoms with van der Waals surface area (Å²) in [6, 6.07) is 19.9. The van der Waals surface area contributed by atoms with Crippen LogP contribution in [0.2, 0.25) is 0 Å². The zero-order valence-electron chi connectivity index (χ0n) is 37.7. The zero-order valence-corrected chi connectivity index (χ0v) is 27.7. The van der Waals surface area contributed by atoms with Crippen LogP contribution in [0, 0.1) is 0 Å². The van der Waals surface area contributed by atoms with Crippen LogP contribution in [-0.4, -0.2) is 37.8 Å². The van der Waals surface area contributed by atoms with Crippen LogP contribution in [0.25, 0.3) is 72.4 Å². The van der Waals surface area contributed by atoms with E-state index in [-0.39, 0.29) is 28.6 Å². The minimum absolute atomic E-state index is 0.0913. The van der Waals surface area contributed by atoms with E-state index in [9.17, 15) is 0 Å². The number of nitrogens with zero attached hydrogens (tertiary/aromatic N) is 4. The summed E-state index contributed by atoms with van der Waals surface area (Å²) in [6.07, 6.45) is 0. The second-order valence-electron chi connectivity index (χ2n) is 13.2. The van der Waals surface area contributed by atoms with E-state index in [4.69, 9.17) is 33.0 Å². The van der Waals surface area contributed by atoms with Crippen molar-refractivity contribution in [3.05, 3.63) is 139 Å². The fourth-order valence-electron chi connectivity index (χ4n) is 6.43. The molecule has 2 aromatic heterocycles. The molecule has 9 rings (SSSR count). The highest BCUT2D eigenvalue weighted by Crippen LogP contribution is 2.39. The molecule has 1 aliphatic rings. The summed E-state index contributed by atoms with van der Waals surface area (Å²) in [6.45, 7) is 7.66. The maximum absolute atomic E-state index is 8.83. The minimum atomic E-state index is -0.966. The molecule has 0 N–H and O–H groups in total. The summed E-state index contributed by atoms with van der Waals surface area (Å²) in [5, 5.41) is 4.15. The molecule has 7 heteroatoms. The van der Waals surface area contributed by atoms with Gasteiger partial charge in [-0.1, -0.05) is 109 Å². The molecule has 0 radical (unpaired) electrons. The van der Waals surface area contributed by atoms with Gasteiger partial charge in [0.2, 0.25) is 0 Å². The van der Waals surface area contributed by atoms with E-state index >= 15 is 0 Å². The SMILES string of the molecule is [2H]c1c([2H])c([2H])c(-c2nc(-c3cc(-n4c5ccccc5c5cc6ccccc6cc54)ccc3B3OC(C)(C)C(C)(C)O3)nc(-c3c([2H])c([2H])c([2H])c([2H])c3[2H])n2)c([2H])c1[2H]. The second kappa shape index (κ2) is 11.5. The van der Waals surface area contributed by atoms with Gasteiger partial charge in [0.25, 0.3) is 0 Å². The molecule has 3 heterocycles. The number of aromatic nitrogens is 4. The third kappa shape index (κ3) is 5.01. The summed E-state index contributed by atoms with van der Waals surface area (Å²) >= 11 is 0. The predicted octanol–water partition coefficient (Wildman–Crippen LogP) is 9.42. The van der Waals surface area contributed by atoms with Gasteiger partial charge in [0.1, 0.15) is 0 Å². The van der Waals surface area contributed by atoms with Gasteiger partial charge in [0, 0.05) is 33.2 Å². The van der Waals surface area contributed by atoms with Crippen molar-refractivity contribution in [2.24, 2.45) is 0 Å². The van der Waals surface area contributed by atoms with Crippen LogP contribution in [0.3, 0.4) is 0 Å². The molecule has 242 valence electrons. The molecule has 0 atom stereocenters. The Kier molecular flexibility index (Phi) is 4.93. The van der Waals surface area contributed by atoms with Gasteiger partial charge in [-0.2, -0.15) is 0 Å². The molecule has 0 aliphatic carbocycles. The normalized spacial score (nSPS) is 18.1. The molecule has 0 spiro atoms. The number of hydrogen-bond donors (Lipinski definition) is 0. The van der Waals surface area contributed by atoms with E-state index in [0.717, 1.165) is 32.6 Å². The third-order valence-corrected chi connectivity index (χ3v) is 9.67. The van der Waals surface area contributed by atoms with Gasteiger partial charge in [-0.05, 0) is 74.3 Å². The average molecular weight is 661 g/mol. The molecule has 1 saturated heterocycles. The smallest absolute Gasteiger partial charge is 0.399 e. The van der Waals surface area contributed by atoms with Crippen LogP contribution in [0.4, 0.5) is 0 Å². The monoisotopic (exact) mass is 660 g/mol. The Morgan fingerprint density at radius 1 is 0.580 bits per heavy atom. The van der Waals surface area contributed by atoms with Crippen molar-refractivity contribution in [2.45, 2.75) is 38.9 Å². The summed E-state index contributed by atoms with van der Waals surface area (Å²) in [5.41, 5.74) is 1.07. The number of rotatable bonds is 5. The number of hydrogen-bond acceptors (Lipinski definition) is 5. The number of fused-ring (bicyclic) bond motifs is 4. The van der Waals surface area contributed by atoms with E-state index in [1.807, 2.05) is 76.2 Å². The quantitative estimate of drug-likeness (QED) is 0.172. The Bertz CT molecular complexity index is 2990. The Morgan fingerprint density at radius 2 is 1.14 bits per heavy atom. The van der Waals surface area contributed by atoms with E-state index in [2.05, 4.69) is 39.9 Å². The van der Waals surface area contributed by atoms with Crippen molar-refractivity contribution in [2.75, 3.05) is 0 Å². The molecule has 1 fully saturated rings. The van der Waals surface area contributed by atoms with Crippen LogP contribution in [0.1, 0.15) is 41.4 Å². The lowest BCUT2D eigenvalue weighted by atomic mass is 9.75. The average Bonchev–Trinajstić information content (AvgIpc) is 3.66. The second-order valence-corrected chi connectivity index (χ2v) is 13.2. The van der Waals surface area contributed by atoms with Gasteiger partial charge in [0.05, 0.1) is 35.9 Å². The first kappa shape index (κ1) is 21.5. The van der Waals surface area contributed by atoms with Gasteiger partial charge < -0.3 is 13.9 Å². The molecule has 8 aromatic rings. The number of para-hydroxylation sites is 1. The van der Waals surface area contributed by atoms with Crippen molar-refractivity contribution < 1.29 is 23.0 Å². The molecule has 6 nitrogen and oxygen atoms in total. The van der Waals surface area contributed by atoms with Crippen LogP contribution in [0.5, 0.6) is 0 Å². The minimum Gasteiger partial charge on any atom is -0.399 e. The maximum atomic E-state index is 8.83. The van der Waals surface area contributed by atoms with Gasteiger partial charge in [-0.15, -0.1) is 0 Å². The predicted molar refractivity (Wildman–Crippen MR) is 204 cm³/mol. The van der Waals surface area contributed by atoms with Crippen LogP contribution in [-0.2, 0) is 9.31 Å². The first-order valence-electron chi connectivity index (χ1n) is 21.2. The molecule has 6 aromatic carbocycles. The lowest BCUT2D eigenvalue weighted by Crippen LogP contribution is -2.41. The lowest BCUT2D eigenvalue weighted by Gasteiger charge is -2.32. The highest BCUT2D eigenvalue weighted by atomic mass is 16.7. The molecule has 50 heavy (non-hydrogen) atoms. The zero-order chi connectivity index (χ0) is 42.7. The summed E-state index contributed by atoms with van der Waals surface area (Å²) < 4.78 is 101. The Hall–Kier alpha value is -5.63. The van der Waals surface area contributed by atoms with Gasteiger partial charge in [-0.25, -0.2) is 15.0 Å². The van der Waals surface area contributed by atoms with Crippen molar-refractivity contribution in [1.82, 2.24) is 19.5 Å². The van der Waals surface area contributed by atoms with Crippen molar-refractivity contribution in [3.63, 3.8) is 0 Å². The topological polar surface area (TPSA) is 62.1 Å². The van der Waals surface area contributed by atoms with Crippen molar-refractivity contribution >= 4 is 45.2 Å². The van der Waals surface area contributed by atoms with E-state index in [1.165, 1.54) is 0 Å². The van der Waals surface area contributed by atoms with E-state index in [0.29, 0.717) is 16.7 Å². The molecule has 0 amide bonds. The lowest BCUT2D eigenvalue weighted by molar-refractivity contribution is 0.00578. The highest BCUT2D eigenvalue weighted by Gasteiger charge is 2.52. The summed E-state index contributed by atoms with van der Waals surface area (Å²) in [4.78, 5) is 14.1. The first-order valence-corrected chi connectivity index (χ1v) is 16.2. The fourth-order valence-corrected chi connectivity index (χ4v) is 6.43. The van der Waals surface area contributed by atoms with Crippen molar-refractivity contribution in [1.29, 1.82) is 0 Å². The maximum Gasteiger partial charge on any atom is 0.495 e. The Balaban J connectivity index is 1.39. The Labute approximate surface area is 305 Å².